The van der Waals surface area contributed by atoms with Gasteiger partial charge in [-0.15, -0.1) is 0 Å². The molecule has 154 valence electrons. The van der Waals surface area contributed by atoms with Gasteiger partial charge in [0.25, 0.3) is 5.91 Å². The minimum atomic E-state index is -0.526. The first-order valence-electron chi connectivity index (χ1n) is 9.95. The van der Waals surface area contributed by atoms with E-state index in [9.17, 15) is 9.59 Å². The van der Waals surface area contributed by atoms with Crippen molar-refractivity contribution in [2.45, 2.75) is 32.2 Å². The Labute approximate surface area is 171 Å². The van der Waals surface area contributed by atoms with Crippen LogP contribution in [0.25, 0.3) is 0 Å². The fourth-order valence-electron chi connectivity index (χ4n) is 3.28. The van der Waals surface area contributed by atoms with Crippen molar-refractivity contribution < 1.29 is 14.3 Å². The molecule has 0 aromatic heterocycles. The second kappa shape index (κ2) is 9.82. The predicted octanol–water partition coefficient (Wildman–Crippen LogP) is 2.98. The normalized spacial score (nSPS) is 14.7. The summed E-state index contributed by atoms with van der Waals surface area (Å²) in [5, 5.41) is 6.09. The molecule has 2 amide bonds. The standard InChI is InChI=1S/C22H28N4O3/c1-16(24-17-7-11-20(12-8-17)29-15-21(23)27)22(28)25-18-5-9-19(10-6-18)26-13-3-2-4-14-26/h5-12,16,24H,2-4,13-15H2,1H3,(H2,23,27)(H,25,28)/t16-/m0/s1. The summed E-state index contributed by atoms with van der Waals surface area (Å²) in [6.45, 7) is 3.83. The molecule has 1 fully saturated rings. The van der Waals surface area contributed by atoms with Gasteiger partial charge in [0.05, 0.1) is 0 Å². The van der Waals surface area contributed by atoms with E-state index in [1.807, 2.05) is 12.1 Å². The summed E-state index contributed by atoms with van der Waals surface area (Å²) < 4.78 is 5.22. The predicted molar refractivity (Wildman–Crippen MR) is 115 cm³/mol. The average molecular weight is 396 g/mol. The SMILES string of the molecule is C[C@H](Nc1ccc(OCC(N)=O)cc1)C(=O)Nc1ccc(N2CCCCC2)cc1. The summed E-state index contributed by atoms with van der Waals surface area (Å²) in [6, 6.07) is 14.6. The Morgan fingerprint density at radius 3 is 2.24 bits per heavy atom. The number of ether oxygens (including phenoxy) is 1. The van der Waals surface area contributed by atoms with Crippen molar-refractivity contribution in [1.82, 2.24) is 0 Å². The minimum Gasteiger partial charge on any atom is -0.484 e. The summed E-state index contributed by atoms with van der Waals surface area (Å²) in [5.41, 5.74) is 7.81. The van der Waals surface area contributed by atoms with Crippen molar-refractivity contribution in [3.8, 4) is 5.75 Å². The van der Waals surface area contributed by atoms with E-state index in [4.69, 9.17) is 10.5 Å². The summed E-state index contributed by atoms with van der Waals surface area (Å²) >= 11 is 0. The summed E-state index contributed by atoms with van der Waals surface area (Å²) in [4.78, 5) is 25.6. The molecule has 1 atom stereocenters. The number of piperidine rings is 1. The van der Waals surface area contributed by atoms with E-state index in [-0.39, 0.29) is 12.5 Å². The zero-order valence-electron chi connectivity index (χ0n) is 16.7. The second-order valence-corrected chi connectivity index (χ2v) is 7.23. The third-order valence-electron chi connectivity index (χ3n) is 4.87. The number of anilines is 3. The smallest absolute Gasteiger partial charge is 0.255 e. The van der Waals surface area contributed by atoms with Crippen LogP contribution >= 0.6 is 0 Å². The van der Waals surface area contributed by atoms with Gasteiger partial charge < -0.3 is 26.0 Å². The molecule has 2 aromatic carbocycles. The van der Waals surface area contributed by atoms with E-state index >= 15 is 0 Å². The largest absolute Gasteiger partial charge is 0.484 e. The first-order valence-corrected chi connectivity index (χ1v) is 9.95. The molecule has 1 heterocycles. The van der Waals surface area contributed by atoms with Gasteiger partial charge in [-0.05, 0) is 74.7 Å². The Morgan fingerprint density at radius 1 is 1.00 bits per heavy atom. The lowest BCUT2D eigenvalue weighted by Crippen LogP contribution is -2.32. The zero-order valence-corrected chi connectivity index (χ0v) is 16.7. The molecule has 2 aromatic rings. The van der Waals surface area contributed by atoms with Crippen LogP contribution in [0, 0.1) is 0 Å². The van der Waals surface area contributed by atoms with Crippen LogP contribution in [-0.4, -0.2) is 37.6 Å². The van der Waals surface area contributed by atoms with Crippen LogP contribution in [0.1, 0.15) is 26.2 Å². The van der Waals surface area contributed by atoms with Crippen molar-refractivity contribution >= 4 is 28.9 Å². The molecule has 7 heteroatoms. The van der Waals surface area contributed by atoms with Crippen LogP contribution in [0.5, 0.6) is 5.75 Å². The first-order chi connectivity index (χ1) is 14.0. The fourth-order valence-corrected chi connectivity index (χ4v) is 3.28. The molecule has 0 bridgehead atoms. The van der Waals surface area contributed by atoms with E-state index in [0.29, 0.717) is 5.75 Å². The highest BCUT2D eigenvalue weighted by molar-refractivity contribution is 5.96. The maximum atomic E-state index is 12.5. The highest BCUT2D eigenvalue weighted by Gasteiger charge is 2.14. The van der Waals surface area contributed by atoms with Gasteiger partial charge in [0.2, 0.25) is 5.91 Å². The molecule has 0 spiro atoms. The van der Waals surface area contributed by atoms with Crippen LogP contribution < -0.4 is 26.0 Å². The number of hydrogen-bond donors (Lipinski definition) is 3. The van der Waals surface area contributed by atoms with E-state index < -0.39 is 11.9 Å². The maximum absolute atomic E-state index is 12.5. The van der Waals surface area contributed by atoms with Crippen LogP contribution in [0.4, 0.5) is 17.1 Å². The number of carbonyl (C=O) groups is 2. The molecule has 0 saturated carbocycles. The van der Waals surface area contributed by atoms with Crippen molar-refractivity contribution in [2.24, 2.45) is 5.73 Å². The third kappa shape index (κ3) is 6.14. The van der Waals surface area contributed by atoms with Crippen molar-refractivity contribution in [3.63, 3.8) is 0 Å². The molecule has 0 unspecified atom stereocenters. The summed E-state index contributed by atoms with van der Waals surface area (Å²) in [7, 11) is 0. The molecule has 0 radical (unpaired) electrons. The topological polar surface area (TPSA) is 96.7 Å². The van der Waals surface area contributed by atoms with Crippen LogP contribution in [0.15, 0.2) is 48.5 Å². The Morgan fingerprint density at radius 2 is 1.62 bits per heavy atom. The van der Waals surface area contributed by atoms with E-state index in [2.05, 4.69) is 27.7 Å². The Bertz CT molecular complexity index is 815. The van der Waals surface area contributed by atoms with Crippen LogP contribution in [0.3, 0.4) is 0 Å². The molecule has 1 aliphatic rings. The van der Waals surface area contributed by atoms with E-state index in [1.165, 1.54) is 24.9 Å². The lowest BCUT2D eigenvalue weighted by Gasteiger charge is -2.28. The van der Waals surface area contributed by atoms with Gasteiger partial charge in [0, 0.05) is 30.2 Å². The number of hydrogen-bond acceptors (Lipinski definition) is 5. The lowest BCUT2D eigenvalue weighted by atomic mass is 10.1. The number of nitrogens with one attached hydrogen (secondary N) is 2. The van der Waals surface area contributed by atoms with E-state index in [0.717, 1.165) is 24.5 Å². The molecule has 1 saturated heterocycles. The number of nitrogens with zero attached hydrogens (tertiary/aromatic N) is 1. The highest BCUT2D eigenvalue weighted by Crippen LogP contribution is 2.22. The highest BCUT2D eigenvalue weighted by atomic mass is 16.5. The number of benzene rings is 2. The number of nitrogens with two attached hydrogens (primary N) is 1. The van der Waals surface area contributed by atoms with Crippen LogP contribution in [-0.2, 0) is 9.59 Å². The Balaban J connectivity index is 1.50. The summed E-state index contributed by atoms with van der Waals surface area (Å²) in [5.74, 6) is -0.105. The Kier molecular flexibility index (Phi) is 6.94. The number of rotatable bonds is 8. The van der Waals surface area contributed by atoms with Gasteiger partial charge in [0.15, 0.2) is 6.61 Å². The minimum absolute atomic E-state index is 0.121. The molecule has 0 aliphatic carbocycles. The molecule has 3 rings (SSSR count). The average Bonchev–Trinajstić information content (AvgIpc) is 2.74. The molecule has 4 N–H and O–H groups in total. The van der Waals surface area contributed by atoms with Gasteiger partial charge >= 0.3 is 0 Å². The quantitative estimate of drug-likeness (QED) is 0.637. The lowest BCUT2D eigenvalue weighted by molar-refractivity contribution is -0.120. The number of carbonyl (C=O) groups excluding carboxylic acids is 2. The molecule has 1 aliphatic heterocycles. The van der Waals surface area contributed by atoms with Gasteiger partial charge in [-0.25, -0.2) is 0 Å². The number of amides is 2. The first kappa shape index (κ1) is 20.5. The summed E-state index contributed by atoms with van der Waals surface area (Å²) in [6.07, 6.45) is 3.78. The number of primary amides is 1. The van der Waals surface area contributed by atoms with Gasteiger partial charge in [-0.2, -0.15) is 0 Å². The van der Waals surface area contributed by atoms with Crippen LogP contribution in [0.2, 0.25) is 0 Å². The van der Waals surface area contributed by atoms with Gasteiger partial charge in [-0.3, -0.25) is 9.59 Å². The molecule has 29 heavy (non-hydrogen) atoms. The molecule has 7 nitrogen and oxygen atoms in total. The zero-order chi connectivity index (χ0) is 20.6. The Hall–Kier alpha value is -3.22. The monoisotopic (exact) mass is 396 g/mol. The van der Waals surface area contributed by atoms with Gasteiger partial charge in [-0.1, -0.05) is 0 Å². The third-order valence-corrected chi connectivity index (χ3v) is 4.87. The van der Waals surface area contributed by atoms with Gasteiger partial charge in [0.1, 0.15) is 11.8 Å². The molecular weight excluding hydrogens is 368 g/mol. The van der Waals surface area contributed by atoms with Crippen molar-refractivity contribution in [1.29, 1.82) is 0 Å². The molecular formula is C22H28N4O3. The fraction of sp³-hybridized carbons (Fsp3) is 0.364. The van der Waals surface area contributed by atoms with Crippen molar-refractivity contribution in [3.05, 3.63) is 48.5 Å². The second-order valence-electron chi connectivity index (χ2n) is 7.23. The van der Waals surface area contributed by atoms with Crippen molar-refractivity contribution in [2.75, 3.05) is 35.2 Å². The maximum Gasteiger partial charge on any atom is 0.255 e. The van der Waals surface area contributed by atoms with E-state index in [1.54, 1.807) is 31.2 Å².